The molecule has 0 unspecified atom stereocenters. The summed E-state index contributed by atoms with van der Waals surface area (Å²) in [7, 11) is -3.06. The molecular weight excluding hydrogens is 309 g/mol. The van der Waals surface area contributed by atoms with Gasteiger partial charge in [0, 0.05) is 13.1 Å². The summed E-state index contributed by atoms with van der Waals surface area (Å²) in [6, 6.07) is 1.09. The number of rotatable bonds is 6. The van der Waals surface area contributed by atoms with Crippen molar-refractivity contribution in [3.63, 3.8) is 0 Å². The van der Waals surface area contributed by atoms with Crippen LogP contribution in [0, 0.1) is 15.9 Å². The molecule has 3 N–H and O–H groups in total. The Hall–Kier alpha value is -2.27. The number of carbonyl (C=O) groups is 1. The average Bonchev–Trinajstić information content (AvgIpc) is 2.38. The average molecular weight is 321 g/mol. The largest absolute Gasteiger partial charge is 0.489 e. The van der Waals surface area contributed by atoms with Gasteiger partial charge < -0.3 is 10.1 Å². The van der Waals surface area contributed by atoms with E-state index in [1.54, 1.807) is 0 Å². The number of sulfonamides is 1. The van der Waals surface area contributed by atoms with Gasteiger partial charge in [-0.3, -0.25) is 14.9 Å². The number of nitrogens with one attached hydrogen (secondary N) is 1. The smallest absolute Gasteiger partial charge is 0.274 e. The van der Waals surface area contributed by atoms with Crippen LogP contribution >= 0.6 is 0 Å². The van der Waals surface area contributed by atoms with E-state index in [-0.39, 0.29) is 13.0 Å². The minimum Gasteiger partial charge on any atom is -0.489 e. The van der Waals surface area contributed by atoms with Crippen LogP contribution in [0.2, 0.25) is 0 Å². The third-order valence-corrected chi connectivity index (χ3v) is 3.28. The van der Waals surface area contributed by atoms with Crippen molar-refractivity contribution in [1.82, 2.24) is 5.32 Å². The molecule has 0 aliphatic rings. The maximum Gasteiger partial charge on any atom is 0.274 e. The van der Waals surface area contributed by atoms with Crippen molar-refractivity contribution in [1.29, 1.82) is 0 Å². The third kappa shape index (κ3) is 4.36. The van der Waals surface area contributed by atoms with E-state index in [0.29, 0.717) is 12.1 Å². The van der Waals surface area contributed by atoms with Crippen LogP contribution in [0.1, 0.15) is 6.42 Å². The first-order valence-electron chi connectivity index (χ1n) is 5.51. The van der Waals surface area contributed by atoms with Crippen LogP contribution in [0.25, 0.3) is 0 Å². The molecule has 0 aliphatic heterocycles. The zero-order valence-electron chi connectivity index (χ0n) is 10.8. The van der Waals surface area contributed by atoms with E-state index in [0.717, 1.165) is 0 Å². The Kier molecular flexibility index (Phi) is 5.16. The lowest BCUT2D eigenvalue weighted by atomic mass is 10.3. The number of nitrogens with two attached hydrogens (primary N) is 1. The number of carbonyl (C=O) groups excluding carboxylic acids is 1. The van der Waals surface area contributed by atoms with Crippen molar-refractivity contribution >= 4 is 21.6 Å². The zero-order valence-corrected chi connectivity index (χ0v) is 11.6. The predicted octanol–water partition coefficient (Wildman–Crippen LogP) is -0.104. The van der Waals surface area contributed by atoms with Gasteiger partial charge in [0.05, 0.1) is 24.0 Å². The third-order valence-electron chi connectivity index (χ3n) is 2.37. The van der Waals surface area contributed by atoms with Crippen molar-refractivity contribution in [2.75, 3.05) is 13.7 Å². The summed E-state index contributed by atoms with van der Waals surface area (Å²) in [5.41, 5.74) is -0.782. The number of hydrogen-bond acceptors (Lipinski definition) is 6. The van der Waals surface area contributed by atoms with Crippen molar-refractivity contribution in [2.24, 2.45) is 5.14 Å². The Balaban J connectivity index is 3.18. The summed E-state index contributed by atoms with van der Waals surface area (Å²) in [4.78, 5) is 19.8. The topological polar surface area (TPSA) is 142 Å². The van der Waals surface area contributed by atoms with Crippen LogP contribution in [0.5, 0.6) is 5.75 Å². The highest BCUT2D eigenvalue weighted by Gasteiger charge is 2.25. The fraction of sp³-hybridized carbons (Fsp3) is 0.300. The Morgan fingerprint density at radius 2 is 2.14 bits per heavy atom. The van der Waals surface area contributed by atoms with Crippen molar-refractivity contribution in [2.45, 2.75) is 11.3 Å². The van der Waals surface area contributed by atoms with Crippen LogP contribution in [-0.4, -0.2) is 32.9 Å². The quantitative estimate of drug-likeness (QED) is 0.553. The first kappa shape index (κ1) is 16.8. The van der Waals surface area contributed by atoms with Crippen molar-refractivity contribution in [3.8, 4) is 5.75 Å². The van der Waals surface area contributed by atoms with Gasteiger partial charge in [0.1, 0.15) is 4.90 Å². The molecular formula is C10H12FN3O6S. The van der Waals surface area contributed by atoms with Crippen LogP contribution < -0.4 is 15.2 Å². The molecule has 0 radical (unpaired) electrons. The van der Waals surface area contributed by atoms with E-state index in [2.05, 4.69) is 5.32 Å². The highest BCUT2D eigenvalue weighted by atomic mass is 32.2. The molecule has 116 valence electrons. The maximum absolute atomic E-state index is 13.8. The van der Waals surface area contributed by atoms with E-state index in [4.69, 9.17) is 9.88 Å². The Morgan fingerprint density at radius 1 is 1.52 bits per heavy atom. The summed E-state index contributed by atoms with van der Waals surface area (Å²) in [6.45, 7) is -0.322. The molecule has 0 atom stereocenters. The van der Waals surface area contributed by atoms with Gasteiger partial charge in [-0.2, -0.15) is 0 Å². The Morgan fingerprint density at radius 3 is 2.62 bits per heavy atom. The number of non-ortho nitro benzene ring substituents is 1. The number of ether oxygens (including phenoxy) is 1. The van der Waals surface area contributed by atoms with Crippen molar-refractivity contribution < 1.29 is 27.3 Å². The lowest BCUT2D eigenvalue weighted by Gasteiger charge is -2.10. The van der Waals surface area contributed by atoms with E-state index in [1.807, 2.05) is 0 Å². The van der Waals surface area contributed by atoms with Gasteiger partial charge in [-0.1, -0.05) is 0 Å². The molecule has 1 rings (SSSR count). The molecule has 11 heteroatoms. The van der Waals surface area contributed by atoms with Crippen molar-refractivity contribution in [3.05, 3.63) is 28.1 Å². The van der Waals surface area contributed by atoms with E-state index < -0.39 is 43.0 Å². The fourth-order valence-electron chi connectivity index (χ4n) is 1.38. The number of nitro groups is 1. The number of halogens is 1. The van der Waals surface area contributed by atoms with Gasteiger partial charge in [0.15, 0.2) is 11.6 Å². The lowest BCUT2D eigenvalue weighted by molar-refractivity contribution is -0.385. The standard InChI is InChI=1S/C10H12FN3O6S/c1-13-9(15)2-3-20-10-7(11)4-6(14(16)17)5-8(10)21(12,18)19/h4-5H,2-3H2,1H3,(H,13,15)(H2,12,18,19). The SMILES string of the molecule is CNC(=O)CCOc1c(F)cc([N+](=O)[O-])cc1S(N)(=O)=O. The molecule has 1 aromatic rings. The monoisotopic (exact) mass is 321 g/mol. The molecule has 1 amide bonds. The molecule has 0 saturated heterocycles. The zero-order chi connectivity index (χ0) is 16.2. The molecule has 0 aromatic heterocycles. The predicted molar refractivity (Wildman–Crippen MR) is 68.6 cm³/mol. The van der Waals surface area contributed by atoms with Gasteiger partial charge >= 0.3 is 0 Å². The van der Waals surface area contributed by atoms with E-state index in [1.165, 1.54) is 7.05 Å². The minimum atomic E-state index is -4.44. The van der Waals surface area contributed by atoms with Crippen LogP contribution in [0.15, 0.2) is 17.0 Å². The molecule has 0 bridgehead atoms. The Labute approximate surface area is 119 Å². The first-order valence-corrected chi connectivity index (χ1v) is 7.05. The highest BCUT2D eigenvalue weighted by Crippen LogP contribution is 2.31. The molecule has 0 heterocycles. The summed E-state index contributed by atoms with van der Waals surface area (Å²) in [5, 5.41) is 17.8. The molecule has 21 heavy (non-hydrogen) atoms. The number of hydrogen-bond donors (Lipinski definition) is 2. The molecule has 1 aromatic carbocycles. The second kappa shape index (κ2) is 6.45. The molecule has 0 saturated carbocycles. The van der Waals surface area contributed by atoms with Gasteiger partial charge in [0.25, 0.3) is 5.69 Å². The number of nitrogens with zero attached hydrogens (tertiary/aromatic N) is 1. The van der Waals surface area contributed by atoms with Crippen LogP contribution in [0.4, 0.5) is 10.1 Å². The molecule has 0 fully saturated rings. The van der Waals surface area contributed by atoms with Crippen LogP contribution in [0.3, 0.4) is 0 Å². The van der Waals surface area contributed by atoms with Gasteiger partial charge in [-0.05, 0) is 0 Å². The van der Waals surface area contributed by atoms with E-state index in [9.17, 15) is 27.7 Å². The summed E-state index contributed by atoms with van der Waals surface area (Å²) in [6.07, 6.45) is -0.156. The second-order valence-corrected chi connectivity index (χ2v) is 5.36. The fourth-order valence-corrected chi connectivity index (χ4v) is 2.08. The second-order valence-electron chi connectivity index (χ2n) is 3.83. The molecule has 0 aliphatic carbocycles. The summed E-state index contributed by atoms with van der Waals surface area (Å²) >= 11 is 0. The van der Waals surface area contributed by atoms with Gasteiger partial charge in [-0.15, -0.1) is 0 Å². The van der Waals surface area contributed by atoms with Gasteiger partial charge in [0.2, 0.25) is 15.9 Å². The number of amides is 1. The maximum atomic E-state index is 13.8. The number of benzene rings is 1. The minimum absolute atomic E-state index is 0.156. The first-order chi connectivity index (χ1) is 9.66. The summed E-state index contributed by atoms with van der Waals surface area (Å²) in [5.74, 6) is -2.42. The van der Waals surface area contributed by atoms with Crippen LogP contribution in [-0.2, 0) is 14.8 Å². The van der Waals surface area contributed by atoms with Gasteiger partial charge in [-0.25, -0.2) is 17.9 Å². The molecule has 9 nitrogen and oxygen atoms in total. The molecule has 0 spiro atoms. The Bertz CT molecular complexity index is 676. The highest BCUT2D eigenvalue weighted by molar-refractivity contribution is 7.89. The van der Waals surface area contributed by atoms with E-state index >= 15 is 0 Å². The number of primary sulfonamides is 1. The lowest BCUT2D eigenvalue weighted by Crippen LogP contribution is -2.21. The summed E-state index contributed by atoms with van der Waals surface area (Å²) < 4.78 is 41.4. The number of nitro benzene ring substituents is 1. The normalized spacial score (nSPS) is 11.0.